The minimum atomic E-state index is 0.362. The highest BCUT2D eigenvalue weighted by Crippen LogP contribution is 2.18. The molecule has 0 atom stereocenters. The fourth-order valence-corrected chi connectivity index (χ4v) is 2.02. The molecule has 0 amide bonds. The third-order valence-electron chi connectivity index (χ3n) is 2.27. The average molecular weight is 269 g/mol. The van der Waals surface area contributed by atoms with Gasteiger partial charge in [-0.15, -0.1) is 0 Å². The van der Waals surface area contributed by atoms with Crippen LogP contribution in [0.2, 0.25) is 0 Å². The number of rotatable bonds is 5. The maximum atomic E-state index is 11.5. The molecule has 0 aliphatic rings. The number of hydrogen-bond donors (Lipinski definition) is 0. The van der Waals surface area contributed by atoms with E-state index in [4.69, 9.17) is 0 Å². The normalized spacial score (nSPS) is 10.7. The molecule has 82 valence electrons. The number of carbonyl (C=O) groups is 1. The van der Waals surface area contributed by atoms with E-state index >= 15 is 0 Å². The third-order valence-corrected chi connectivity index (χ3v) is 3.04. The molecule has 0 bridgehead atoms. The first-order valence-corrected chi connectivity index (χ1v) is 6.14. The van der Waals surface area contributed by atoms with E-state index in [0.717, 1.165) is 10.9 Å². The summed E-state index contributed by atoms with van der Waals surface area (Å²) in [5.41, 5.74) is 1.22. The van der Waals surface area contributed by atoms with E-state index < -0.39 is 0 Å². The SMILES string of the molecule is CC(C)CC(=O)CCc1ccccc1Br. The zero-order valence-corrected chi connectivity index (χ0v) is 10.9. The van der Waals surface area contributed by atoms with Crippen LogP contribution >= 0.6 is 15.9 Å². The molecule has 0 aliphatic carbocycles. The van der Waals surface area contributed by atoms with Crippen LogP contribution in [0.3, 0.4) is 0 Å². The van der Waals surface area contributed by atoms with E-state index in [1.54, 1.807) is 0 Å². The van der Waals surface area contributed by atoms with Crippen LogP contribution in [0.25, 0.3) is 0 Å². The van der Waals surface area contributed by atoms with Crippen molar-refractivity contribution in [2.75, 3.05) is 0 Å². The molecular weight excluding hydrogens is 252 g/mol. The number of hydrogen-bond acceptors (Lipinski definition) is 1. The Hall–Kier alpha value is -0.630. The van der Waals surface area contributed by atoms with Crippen LogP contribution in [-0.2, 0) is 11.2 Å². The summed E-state index contributed by atoms with van der Waals surface area (Å²) in [6, 6.07) is 8.07. The standard InChI is InChI=1S/C13H17BrO/c1-10(2)9-12(15)8-7-11-5-3-4-6-13(11)14/h3-6,10H,7-9H2,1-2H3. The van der Waals surface area contributed by atoms with Crippen molar-refractivity contribution >= 4 is 21.7 Å². The Bertz CT molecular complexity index is 331. The molecule has 15 heavy (non-hydrogen) atoms. The van der Waals surface area contributed by atoms with E-state index in [9.17, 15) is 4.79 Å². The monoisotopic (exact) mass is 268 g/mol. The van der Waals surface area contributed by atoms with Gasteiger partial charge >= 0.3 is 0 Å². The summed E-state index contributed by atoms with van der Waals surface area (Å²) in [5, 5.41) is 0. The average Bonchev–Trinajstić information content (AvgIpc) is 2.15. The fourth-order valence-electron chi connectivity index (χ4n) is 1.53. The maximum Gasteiger partial charge on any atom is 0.133 e. The Kier molecular flexibility index (Phi) is 5.03. The van der Waals surface area contributed by atoms with Crippen molar-refractivity contribution in [2.24, 2.45) is 5.92 Å². The predicted molar refractivity (Wildman–Crippen MR) is 66.9 cm³/mol. The number of carbonyl (C=O) groups excluding carboxylic acids is 1. The van der Waals surface area contributed by atoms with Crippen molar-refractivity contribution in [2.45, 2.75) is 33.1 Å². The van der Waals surface area contributed by atoms with Gasteiger partial charge in [0, 0.05) is 17.3 Å². The molecule has 1 rings (SSSR count). The topological polar surface area (TPSA) is 17.1 Å². The summed E-state index contributed by atoms with van der Waals surface area (Å²) in [5.74, 6) is 0.831. The lowest BCUT2D eigenvalue weighted by atomic mass is 10.0. The highest BCUT2D eigenvalue weighted by molar-refractivity contribution is 9.10. The van der Waals surface area contributed by atoms with Gasteiger partial charge in [-0.1, -0.05) is 48.0 Å². The van der Waals surface area contributed by atoms with Gasteiger partial charge in [0.15, 0.2) is 0 Å². The molecule has 0 heterocycles. The number of Topliss-reactive ketones (excluding diaryl/α,β-unsaturated/α-hetero) is 1. The van der Waals surface area contributed by atoms with E-state index in [-0.39, 0.29) is 0 Å². The van der Waals surface area contributed by atoms with Gasteiger partial charge in [-0.3, -0.25) is 4.79 Å². The molecule has 0 radical (unpaired) electrons. The van der Waals surface area contributed by atoms with Gasteiger partial charge in [0.2, 0.25) is 0 Å². The summed E-state index contributed by atoms with van der Waals surface area (Å²) in [7, 11) is 0. The van der Waals surface area contributed by atoms with Gasteiger partial charge in [0.1, 0.15) is 5.78 Å². The molecule has 1 nitrogen and oxygen atoms in total. The van der Waals surface area contributed by atoms with E-state index in [1.807, 2.05) is 18.2 Å². The van der Waals surface area contributed by atoms with Gasteiger partial charge < -0.3 is 0 Å². The Morgan fingerprint density at radius 2 is 2.00 bits per heavy atom. The van der Waals surface area contributed by atoms with Crippen LogP contribution in [0.15, 0.2) is 28.7 Å². The second-order valence-corrected chi connectivity index (χ2v) is 5.08. The Balaban J connectivity index is 2.44. The summed E-state index contributed by atoms with van der Waals surface area (Å²) in [4.78, 5) is 11.5. The lowest BCUT2D eigenvalue weighted by Crippen LogP contribution is -2.04. The lowest BCUT2D eigenvalue weighted by molar-refractivity contribution is -0.119. The van der Waals surface area contributed by atoms with Crippen molar-refractivity contribution in [3.05, 3.63) is 34.3 Å². The smallest absolute Gasteiger partial charge is 0.133 e. The molecule has 0 saturated carbocycles. The minimum Gasteiger partial charge on any atom is -0.300 e. The molecule has 0 aliphatic heterocycles. The largest absolute Gasteiger partial charge is 0.300 e. The van der Waals surface area contributed by atoms with Gasteiger partial charge in [-0.25, -0.2) is 0 Å². The first kappa shape index (κ1) is 12.4. The molecule has 0 unspecified atom stereocenters. The Morgan fingerprint density at radius 3 is 2.60 bits per heavy atom. The highest BCUT2D eigenvalue weighted by atomic mass is 79.9. The van der Waals surface area contributed by atoms with Crippen LogP contribution in [0.1, 0.15) is 32.3 Å². The van der Waals surface area contributed by atoms with Crippen LogP contribution < -0.4 is 0 Å². The molecule has 0 spiro atoms. The first-order chi connectivity index (χ1) is 7.09. The van der Waals surface area contributed by atoms with Crippen molar-refractivity contribution in [1.82, 2.24) is 0 Å². The van der Waals surface area contributed by atoms with Crippen molar-refractivity contribution < 1.29 is 4.79 Å². The molecular formula is C13H17BrO. The van der Waals surface area contributed by atoms with Crippen molar-refractivity contribution in [3.8, 4) is 0 Å². The zero-order chi connectivity index (χ0) is 11.3. The first-order valence-electron chi connectivity index (χ1n) is 5.34. The summed E-state index contributed by atoms with van der Waals surface area (Å²) >= 11 is 3.49. The van der Waals surface area contributed by atoms with Crippen LogP contribution in [0.5, 0.6) is 0 Å². The van der Waals surface area contributed by atoms with Crippen molar-refractivity contribution in [3.63, 3.8) is 0 Å². The van der Waals surface area contributed by atoms with Crippen LogP contribution in [0, 0.1) is 5.92 Å². The van der Waals surface area contributed by atoms with Crippen molar-refractivity contribution in [1.29, 1.82) is 0 Å². The zero-order valence-electron chi connectivity index (χ0n) is 9.29. The maximum absolute atomic E-state index is 11.5. The molecule has 1 aromatic carbocycles. The number of ketones is 1. The molecule has 2 heteroatoms. The quantitative estimate of drug-likeness (QED) is 0.789. The van der Waals surface area contributed by atoms with Gasteiger partial charge in [0.25, 0.3) is 0 Å². The van der Waals surface area contributed by atoms with Gasteiger partial charge in [-0.05, 0) is 24.0 Å². The fraction of sp³-hybridized carbons (Fsp3) is 0.462. The third kappa shape index (κ3) is 4.61. The summed E-state index contributed by atoms with van der Waals surface area (Å²) < 4.78 is 1.10. The number of benzene rings is 1. The highest BCUT2D eigenvalue weighted by Gasteiger charge is 2.06. The summed E-state index contributed by atoms with van der Waals surface area (Å²) in [6.07, 6.45) is 2.19. The van der Waals surface area contributed by atoms with E-state index in [0.29, 0.717) is 24.5 Å². The lowest BCUT2D eigenvalue weighted by Gasteiger charge is -2.05. The van der Waals surface area contributed by atoms with Crippen LogP contribution in [-0.4, -0.2) is 5.78 Å². The number of aryl methyl sites for hydroxylation is 1. The molecule has 0 aromatic heterocycles. The molecule has 1 aromatic rings. The second kappa shape index (κ2) is 6.06. The van der Waals surface area contributed by atoms with E-state index in [2.05, 4.69) is 35.8 Å². The predicted octanol–water partition coefficient (Wildman–Crippen LogP) is 4.00. The number of halogens is 1. The second-order valence-electron chi connectivity index (χ2n) is 4.23. The Morgan fingerprint density at radius 1 is 1.33 bits per heavy atom. The van der Waals surface area contributed by atoms with Crippen LogP contribution in [0.4, 0.5) is 0 Å². The van der Waals surface area contributed by atoms with Gasteiger partial charge in [-0.2, -0.15) is 0 Å². The molecule has 0 N–H and O–H groups in total. The molecule has 0 fully saturated rings. The minimum absolute atomic E-state index is 0.362. The van der Waals surface area contributed by atoms with Gasteiger partial charge in [0.05, 0.1) is 0 Å². The van der Waals surface area contributed by atoms with E-state index in [1.165, 1.54) is 5.56 Å². The summed E-state index contributed by atoms with van der Waals surface area (Å²) in [6.45, 7) is 4.16. The molecule has 0 saturated heterocycles. The Labute approximate surface area is 100 Å².